The van der Waals surface area contributed by atoms with Gasteiger partial charge in [0.2, 0.25) is 0 Å². The minimum Gasteiger partial charge on any atom is -0.358 e. The van der Waals surface area contributed by atoms with Crippen molar-refractivity contribution < 1.29 is 0 Å². The number of aryl methyl sites for hydroxylation is 1. The number of nitrogens with zero attached hydrogens (tertiary/aromatic N) is 2. The number of nitrogens with one attached hydrogen (secondary N) is 3. The molecule has 0 saturated heterocycles. The molecule has 0 aliphatic rings. The van der Waals surface area contributed by atoms with Gasteiger partial charge in [-0.25, -0.2) is 0 Å². The summed E-state index contributed by atoms with van der Waals surface area (Å²) < 4.78 is 2.16. The Morgan fingerprint density at radius 2 is 1.92 bits per heavy atom. The van der Waals surface area contributed by atoms with Crippen LogP contribution in [0.3, 0.4) is 0 Å². The number of hydrogen-bond acceptors (Lipinski definition) is 1. The second-order valence-corrected chi connectivity index (χ2v) is 6.13. The SMILES string of the molecule is CCNC(=NCCc1c(C)[nH]c2ccccc12)NCCn1cccc1. The van der Waals surface area contributed by atoms with E-state index in [2.05, 4.69) is 70.7 Å². The summed E-state index contributed by atoms with van der Waals surface area (Å²) in [6, 6.07) is 12.6. The fraction of sp³-hybridized carbons (Fsp3) is 0.350. The van der Waals surface area contributed by atoms with Crippen molar-refractivity contribution in [2.45, 2.75) is 26.8 Å². The summed E-state index contributed by atoms with van der Waals surface area (Å²) in [6.07, 6.45) is 5.08. The fourth-order valence-electron chi connectivity index (χ4n) is 3.10. The molecular formula is C20H27N5. The van der Waals surface area contributed by atoms with Gasteiger partial charge in [0, 0.05) is 55.2 Å². The molecule has 0 radical (unpaired) electrons. The first-order valence-corrected chi connectivity index (χ1v) is 8.97. The second kappa shape index (κ2) is 8.42. The monoisotopic (exact) mass is 337 g/mol. The number of hydrogen-bond donors (Lipinski definition) is 3. The molecule has 0 fully saturated rings. The van der Waals surface area contributed by atoms with E-state index in [1.165, 1.54) is 22.2 Å². The molecule has 0 amide bonds. The summed E-state index contributed by atoms with van der Waals surface area (Å²) in [7, 11) is 0. The predicted molar refractivity (Wildman–Crippen MR) is 105 cm³/mol. The van der Waals surface area contributed by atoms with Crippen LogP contribution in [0, 0.1) is 6.92 Å². The number of aliphatic imine (C=N–C) groups is 1. The van der Waals surface area contributed by atoms with Crippen molar-refractivity contribution >= 4 is 16.9 Å². The van der Waals surface area contributed by atoms with Crippen molar-refractivity contribution in [1.29, 1.82) is 0 Å². The zero-order chi connectivity index (χ0) is 17.5. The van der Waals surface area contributed by atoms with Crippen molar-refractivity contribution in [3.63, 3.8) is 0 Å². The van der Waals surface area contributed by atoms with Crippen molar-refractivity contribution in [3.05, 3.63) is 60.0 Å². The van der Waals surface area contributed by atoms with Crippen LogP contribution in [-0.2, 0) is 13.0 Å². The van der Waals surface area contributed by atoms with Crippen LogP contribution in [0.2, 0.25) is 0 Å². The van der Waals surface area contributed by atoms with E-state index >= 15 is 0 Å². The van der Waals surface area contributed by atoms with Crippen LogP contribution in [0.4, 0.5) is 0 Å². The molecule has 0 saturated carbocycles. The maximum absolute atomic E-state index is 4.73. The third kappa shape index (κ3) is 4.44. The Balaban J connectivity index is 1.58. The number of aromatic nitrogens is 2. The Morgan fingerprint density at radius 3 is 2.72 bits per heavy atom. The molecule has 132 valence electrons. The van der Waals surface area contributed by atoms with Gasteiger partial charge >= 0.3 is 0 Å². The van der Waals surface area contributed by atoms with E-state index in [0.717, 1.165) is 38.6 Å². The highest BCUT2D eigenvalue weighted by molar-refractivity contribution is 5.84. The van der Waals surface area contributed by atoms with Crippen LogP contribution in [-0.4, -0.2) is 35.1 Å². The van der Waals surface area contributed by atoms with E-state index in [9.17, 15) is 0 Å². The van der Waals surface area contributed by atoms with Crippen molar-refractivity contribution in [2.75, 3.05) is 19.6 Å². The zero-order valence-corrected chi connectivity index (χ0v) is 15.0. The van der Waals surface area contributed by atoms with E-state index in [-0.39, 0.29) is 0 Å². The number of fused-ring (bicyclic) bond motifs is 1. The standard InChI is InChI=1S/C20H27N5/c1-3-21-20(23-12-15-25-13-6-7-14-25)22-11-10-17-16(2)24-19-9-5-4-8-18(17)19/h4-9,13-14,24H,3,10-12,15H2,1-2H3,(H2,21,22,23). The average Bonchev–Trinajstić information content (AvgIpc) is 3.23. The van der Waals surface area contributed by atoms with E-state index in [1.807, 2.05) is 12.1 Å². The topological polar surface area (TPSA) is 57.1 Å². The molecular weight excluding hydrogens is 310 g/mol. The molecule has 3 N–H and O–H groups in total. The number of rotatable bonds is 7. The van der Waals surface area contributed by atoms with Gasteiger partial charge in [0.25, 0.3) is 0 Å². The van der Waals surface area contributed by atoms with Gasteiger partial charge in [-0.15, -0.1) is 0 Å². The lowest BCUT2D eigenvalue weighted by molar-refractivity contribution is 0.665. The summed E-state index contributed by atoms with van der Waals surface area (Å²) >= 11 is 0. The van der Waals surface area contributed by atoms with Crippen LogP contribution >= 0.6 is 0 Å². The normalized spacial score (nSPS) is 11.8. The van der Waals surface area contributed by atoms with Crippen molar-refractivity contribution in [1.82, 2.24) is 20.2 Å². The first kappa shape index (κ1) is 17.1. The summed E-state index contributed by atoms with van der Waals surface area (Å²) in [5.74, 6) is 0.882. The molecule has 0 aliphatic carbocycles. The minimum absolute atomic E-state index is 0.765. The first-order chi connectivity index (χ1) is 12.3. The Kier molecular flexibility index (Phi) is 5.77. The summed E-state index contributed by atoms with van der Waals surface area (Å²) in [5.41, 5.74) is 3.81. The van der Waals surface area contributed by atoms with E-state index in [0.29, 0.717) is 0 Å². The van der Waals surface area contributed by atoms with Crippen LogP contribution in [0.1, 0.15) is 18.2 Å². The minimum atomic E-state index is 0.765. The Morgan fingerprint density at radius 1 is 1.12 bits per heavy atom. The lowest BCUT2D eigenvalue weighted by Crippen LogP contribution is -2.39. The largest absolute Gasteiger partial charge is 0.358 e. The molecule has 3 rings (SSSR count). The van der Waals surface area contributed by atoms with Gasteiger partial charge in [0.1, 0.15) is 0 Å². The van der Waals surface area contributed by atoms with Crippen molar-refractivity contribution in [3.8, 4) is 0 Å². The number of aromatic amines is 1. The van der Waals surface area contributed by atoms with E-state index in [1.54, 1.807) is 0 Å². The number of H-pyrrole nitrogens is 1. The van der Waals surface area contributed by atoms with Crippen LogP contribution in [0.5, 0.6) is 0 Å². The van der Waals surface area contributed by atoms with Crippen LogP contribution < -0.4 is 10.6 Å². The quantitative estimate of drug-likeness (QED) is 0.458. The second-order valence-electron chi connectivity index (χ2n) is 6.13. The zero-order valence-electron chi connectivity index (χ0n) is 15.0. The van der Waals surface area contributed by atoms with Crippen LogP contribution in [0.15, 0.2) is 53.8 Å². The summed E-state index contributed by atoms with van der Waals surface area (Å²) in [5, 5.41) is 8.02. The maximum Gasteiger partial charge on any atom is 0.191 e. The summed E-state index contributed by atoms with van der Waals surface area (Å²) in [4.78, 5) is 8.18. The molecule has 5 heteroatoms. The smallest absolute Gasteiger partial charge is 0.191 e. The number of para-hydroxylation sites is 1. The lowest BCUT2D eigenvalue weighted by atomic mass is 10.1. The maximum atomic E-state index is 4.73. The van der Waals surface area contributed by atoms with Gasteiger partial charge < -0.3 is 20.2 Å². The molecule has 3 aromatic rings. The van der Waals surface area contributed by atoms with Gasteiger partial charge in [-0.3, -0.25) is 4.99 Å². The highest BCUT2D eigenvalue weighted by atomic mass is 15.2. The molecule has 0 atom stereocenters. The highest BCUT2D eigenvalue weighted by Gasteiger charge is 2.07. The lowest BCUT2D eigenvalue weighted by Gasteiger charge is -2.11. The van der Waals surface area contributed by atoms with Crippen LogP contribution in [0.25, 0.3) is 10.9 Å². The van der Waals surface area contributed by atoms with Gasteiger partial charge in [0.15, 0.2) is 5.96 Å². The first-order valence-electron chi connectivity index (χ1n) is 8.97. The van der Waals surface area contributed by atoms with Gasteiger partial charge in [-0.05, 0) is 44.0 Å². The molecule has 0 spiro atoms. The summed E-state index contributed by atoms with van der Waals surface area (Å²) in [6.45, 7) is 7.64. The Labute approximate surface area is 149 Å². The molecule has 5 nitrogen and oxygen atoms in total. The third-order valence-corrected chi connectivity index (χ3v) is 4.33. The van der Waals surface area contributed by atoms with Gasteiger partial charge in [-0.2, -0.15) is 0 Å². The van der Waals surface area contributed by atoms with E-state index < -0.39 is 0 Å². The molecule has 0 bridgehead atoms. The Hall–Kier alpha value is -2.69. The van der Waals surface area contributed by atoms with Gasteiger partial charge in [0.05, 0.1) is 0 Å². The van der Waals surface area contributed by atoms with E-state index in [4.69, 9.17) is 4.99 Å². The third-order valence-electron chi connectivity index (χ3n) is 4.33. The average molecular weight is 337 g/mol. The predicted octanol–water partition coefficient (Wildman–Crippen LogP) is 3.08. The molecule has 1 aromatic carbocycles. The molecule has 25 heavy (non-hydrogen) atoms. The molecule has 2 aromatic heterocycles. The molecule has 0 aliphatic heterocycles. The molecule has 0 unspecified atom stereocenters. The van der Waals surface area contributed by atoms with Gasteiger partial charge in [-0.1, -0.05) is 18.2 Å². The number of benzene rings is 1. The number of guanidine groups is 1. The van der Waals surface area contributed by atoms with Crippen molar-refractivity contribution in [2.24, 2.45) is 4.99 Å². The fourth-order valence-corrected chi connectivity index (χ4v) is 3.10. The molecule has 2 heterocycles. The Bertz CT molecular complexity index is 814. The highest BCUT2D eigenvalue weighted by Crippen LogP contribution is 2.22.